The first-order chi connectivity index (χ1) is 19.5. The number of carboxylic acids is 1. The van der Waals surface area contributed by atoms with Crippen LogP contribution in [0.5, 0.6) is 23.0 Å². The van der Waals surface area contributed by atoms with Crippen molar-refractivity contribution < 1.29 is 49.4 Å². The minimum atomic E-state index is -1.51. The molecule has 1 aliphatic rings. The summed E-state index contributed by atoms with van der Waals surface area (Å²) in [5.74, 6) is -6.39. The van der Waals surface area contributed by atoms with Crippen molar-refractivity contribution in [3.05, 3.63) is 82.4 Å². The first kappa shape index (κ1) is 28.9. The number of likely N-dealkylation sites (tertiary alicyclic amines) is 1. The van der Waals surface area contributed by atoms with Gasteiger partial charge in [-0.25, -0.2) is 9.59 Å². The molecule has 2 unspecified atom stereocenters. The number of aromatic carboxylic acids is 1. The zero-order valence-corrected chi connectivity index (χ0v) is 21.9. The van der Waals surface area contributed by atoms with E-state index in [2.05, 4.69) is 10.2 Å². The molecule has 1 fully saturated rings. The Kier molecular flexibility index (Phi) is 8.43. The molecule has 12 heteroatoms. The largest absolute Gasteiger partial charge is 0.508 e. The van der Waals surface area contributed by atoms with Crippen LogP contribution in [-0.4, -0.2) is 85.8 Å². The number of carbonyl (C=O) groups excluding carboxylic acids is 3. The van der Waals surface area contributed by atoms with Crippen molar-refractivity contribution >= 4 is 23.6 Å². The number of nitrogens with one attached hydrogen (secondary N) is 1. The van der Waals surface area contributed by atoms with E-state index in [9.17, 15) is 44.7 Å². The van der Waals surface area contributed by atoms with Crippen molar-refractivity contribution in [2.45, 2.75) is 25.5 Å². The maximum atomic E-state index is 13.1. The van der Waals surface area contributed by atoms with Crippen LogP contribution in [0.25, 0.3) is 0 Å². The van der Waals surface area contributed by atoms with E-state index in [0.29, 0.717) is 31.6 Å². The molecule has 0 aliphatic carbocycles. The number of piperidine rings is 1. The third-order valence-electron chi connectivity index (χ3n) is 6.84. The molecule has 3 aromatic carbocycles. The Morgan fingerprint density at radius 2 is 1.56 bits per heavy atom. The van der Waals surface area contributed by atoms with Gasteiger partial charge in [0.05, 0.1) is 22.7 Å². The van der Waals surface area contributed by atoms with Crippen molar-refractivity contribution in [2.24, 2.45) is 0 Å². The number of phenols is 4. The number of carbonyl (C=O) groups is 4. The summed E-state index contributed by atoms with van der Waals surface area (Å²) < 4.78 is 5.66. The van der Waals surface area contributed by atoms with Gasteiger partial charge in [0, 0.05) is 18.7 Å². The van der Waals surface area contributed by atoms with E-state index in [1.165, 1.54) is 30.3 Å². The summed E-state index contributed by atoms with van der Waals surface area (Å²) in [4.78, 5) is 52.5. The van der Waals surface area contributed by atoms with Crippen LogP contribution in [0.15, 0.2) is 54.6 Å². The summed E-state index contributed by atoms with van der Waals surface area (Å²) in [5, 5.41) is 53.0. The molecular formula is C29H28N2O10. The summed E-state index contributed by atoms with van der Waals surface area (Å²) in [6.07, 6.45) is -0.392. The highest BCUT2D eigenvalue weighted by atomic mass is 16.5. The van der Waals surface area contributed by atoms with Gasteiger partial charge < -0.3 is 40.5 Å². The lowest BCUT2D eigenvalue weighted by Gasteiger charge is -2.38. The number of ketones is 1. The van der Waals surface area contributed by atoms with E-state index in [1.807, 2.05) is 6.92 Å². The lowest BCUT2D eigenvalue weighted by atomic mass is 9.95. The van der Waals surface area contributed by atoms with Gasteiger partial charge in [0.1, 0.15) is 34.7 Å². The van der Waals surface area contributed by atoms with Crippen LogP contribution in [0.1, 0.15) is 60.3 Å². The number of hydrogen-bond donors (Lipinski definition) is 6. The van der Waals surface area contributed by atoms with Crippen molar-refractivity contribution in [3.8, 4) is 23.0 Å². The number of esters is 1. The Balaban J connectivity index is 1.56. The number of phenolic OH excluding ortho intramolecular Hbond substituents is 4. The van der Waals surface area contributed by atoms with Crippen molar-refractivity contribution in [3.63, 3.8) is 0 Å². The second-order valence-electron chi connectivity index (χ2n) is 9.48. The van der Waals surface area contributed by atoms with E-state index in [-0.39, 0.29) is 11.3 Å². The zero-order chi connectivity index (χ0) is 29.8. The fraction of sp³-hybridized carbons (Fsp3) is 0.241. The second kappa shape index (κ2) is 12.0. The molecule has 1 saturated heterocycles. The van der Waals surface area contributed by atoms with Gasteiger partial charge in [0.15, 0.2) is 0 Å². The Morgan fingerprint density at radius 1 is 0.902 bits per heavy atom. The van der Waals surface area contributed by atoms with Gasteiger partial charge in [-0.05, 0) is 61.5 Å². The van der Waals surface area contributed by atoms with Crippen molar-refractivity contribution in [2.75, 3.05) is 19.6 Å². The average Bonchev–Trinajstić information content (AvgIpc) is 2.93. The molecule has 3 aromatic rings. The molecule has 41 heavy (non-hydrogen) atoms. The van der Waals surface area contributed by atoms with Crippen LogP contribution < -0.4 is 5.32 Å². The molecule has 0 spiro atoms. The standard InChI is InChI=1S/C29H28N2O10/c1-2-31-11-10-23(19(14-31)30-27(37)15-6-8-17(32)9-7-15)41-29(40)16-12-21(34)25(22(35)13-16)26(36)24-18(28(38)39)4-3-5-20(24)33/h3-9,12-13,19,23,32-35H,2,10-11,14H2,1H3,(H,30,37)(H,38,39). The smallest absolute Gasteiger partial charge is 0.338 e. The summed E-state index contributed by atoms with van der Waals surface area (Å²) in [5.41, 5.74) is -1.89. The Hall–Kier alpha value is -5.10. The highest BCUT2D eigenvalue weighted by Crippen LogP contribution is 2.35. The van der Waals surface area contributed by atoms with Crippen LogP contribution in [-0.2, 0) is 4.74 Å². The van der Waals surface area contributed by atoms with E-state index in [0.717, 1.165) is 24.3 Å². The van der Waals surface area contributed by atoms with Crippen LogP contribution in [0.2, 0.25) is 0 Å². The van der Waals surface area contributed by atoms with Gasteiger partial charge in [-0.2, -0.15) is 0 Å². The third kappa shape index (κ3) is 6.23. The number of aromatic hydroxyl groups is 4. The predicted octanol–water partition coefficient (Wildman–Crippen LogP) is 2.49. The number of carboxylic acid groups (broad SMARTS) is 1. The molecule has 1 heterocycles. The molecule has 6 N–H and O–H groups in total. The molecule has 0 aromatic heterocycles. The van der Waals surface area contributed by atoms with E-state index < -0.39 is 69.7 Å². The summed E-state index contributed by atoms with van der Waals surface area (Å²) in [6, 6.07) is 10.2. The highest BCUT2D eigenvalue weighted by Gasteiger charge is 2.34. The summed E-state index contributed by atoms with van der Waals surface area (Å²) >= 11 is 0. The topological polar surface area (TPSA) is 194 Å². The first-order valence-electron chi connectivity index (χ1n) is 12.7. The highest BCUT2D eigenvalue weighted by molar-refractivity contribution is 6.18. The minimum Gasteiger partial charge on any atom is -0.508 e. The van der Waals surface area contributed by atoms with Crippen LogP contribution in [0.3, 0.4) is 0 Å². The fourth-order valence-corrected chi connectivity index (χ4v) is 4.68. The SMILES string of the molecule is CCN1CCC(OC(=O)c2cc(O)c(C(=O)c3c(O)cccc3C(=O)O)c(O)c2)C(NC(=O)c2ccc(O)cc2)C1. The van der Waals surface area contributed by atoms with Crippen molar-refractivity contribution in [1.82, 2.24) is 10.2 Å². The van der Waals surface area contributed by atoms with Gasteiger partial charge in [-0.1, -0.05) is 13.0 Å². The maximum Gasteiger partial charge on any atom is 0.338 e. The van der Waals surface area contributed by atoms with Gasteiger partial charge in [-0.3, -0.25) is 9.59 Å². The normalized spacial score (nSPS) is 17.0. The van der Waals surface area contributed by atoms with Crippen molar-refractivity contribution in [1.29, 1.82) is 0 Å². The Labute approximate surface area is 234 Å². The summed E-state index contributed by atoms with van der Waals surface area (Å²) in [6.45, 7) is 3.61. The molecule has 0 radical (unpaired) electrons. The van der Waals surface area contributed by atoms with Gasteiger partial charge in [-0.15, -0.1) is 0 Å². The Morgan fingerprint density at radius 3 is 2.17 bits per heavy atom. The molecule has 0 saturated carbocycles. The number of nitrogens with zero attached hydrogens (tertiary/aromatic N) is 1. The quantitative estimate of drug-likeness (QED) is 0.174. The molecule has 2 atom stereocenters. The number of ether oxygens (including phenoxy) is 1. The predicted molar refractivity (Wildman–Crippen MR) is 144 cm³/mol. The second-order valence-corrected chi connectivity index (χ2v) is 9.48. The average molecular weight is 565 g/mol. The first-order valence-corrected chi connectivity index (χ1v) is 12.7. The van der Waals surface area contributed by atoms with Gasteiger partial charge in [0.25, 0.3) is 5.91 Å². The van der Waals surface area contributed by atoms with E-state index in [4.69, 9.17) is 4.74 Å². The number of hydrogen-bond acceptors (Lipinski definition) is 10. The molecular weight excluding hydrogens is 536 g/mol. The molecule has 12 nitrogen and oxygen atoms in total. The molecule has 214 valence electrons. The molecule has 4 rings (SSSR count). The molecule has 1 aliphatic heterocycles. The lowest BCUT2D eigenvalue weighted by Crippen LogP contribution is -2.56. The number of benzene rings is 3. The number of rotatable bonds is 8. The summed E-state index contributed by atoms with van der Waals surface area (Å²) in [7, 11) is 0. The minimum absolute atomic E-state index is 0.00491. The zero-order valence-electron chi connectivity index (χ0n) is 21.9. The number of likely N-dealkylation sites (N-methyl/N-ethyl adjacent to an activating group) is 1. The molecule has 1 amide bonds. The van der Waals surface area contributed by atoms with Crippen LogP contribution >= 0.6 is 0 Å². The van der Waals surface area contributed by atoms with E-state index in [1.54, 1.807) is 0 Å². The van der Waals surface area contributed by atoms with Gasteiger partial charge >= 0.3 is 11.9 Å². The number of amides is 1. The van der Waals surface area contributed by atoms with Crippen LogP contribution in [0.4, 0.5) is 0 Å². The fourth-order valence-electron chi connectivity index (χ4n) is 4.68. The Bertz CT molecular complexity index is 1480. The van der Waals surface area contributed by atoms with E-state index >= 15 is 0 Å². The molecule has 0 bridgehead atoms. The maximum absolute atomic E-state index is 13.1. The monoisotopic (exact) mass is 564 g/mol. The van der Waals surface area contributed by atoms with Gasteiger partial charge in [0.2, 0.25) is 5.78 Å². The third-order valence-corrected chi connectivity index (χ3v) is 6.84. The van der Waals surface area contributed by atoms with Crippen LogP contribution in [0, 0.1) is 0 Å². The lowest BCUT2D eigenvalue weighted by molar-refractivity contribution is -0.00223.